The van der Waals surface area contributed by atoms with Crippen molar-refractivity contribution in [2.45, 2.75) is 71.6 Å². The average Bonchev–Trinajstić information content (AvgIpc) is 2.37. The predicted octanol–water partition coefficient (Wildman–Crippen LogP) is 3.61. The maximum Gasteiger partial charge on any atom is 0.128 e. The van der Waals surface area contributed by atoms with Crippen LogP contribution in [0.1, 0.15) is 69.7 Å². The van der Waals surface area contributed by atoms with Gasteiger partial charge in [0.2, 0.25) is 0 Å². The lowest BCUT2D eigenvalue weighted by Gasteiger charge is -2.28. The Labute approximate surface area is 105 Å². The third-order valence-corrected chi connectivity index (χ3v) is 4.07. The predicted molar refractivity (Wildman–Crippen MR) is 71.4 cm³/mol. The first kappa shape index (κ1) is 12.5. The molecule has 0 saturated carbocycles. The van der Waals surface area contributed by atoms with Crippen molar-refractivity contribution in [3.8, 4) is 0 Å². The van der Waals surface area contributed by atoms with Gasteiger partial charge >= 0.3 is 0 Å². The first-order valence-electron chi connectivity index (χ1n) is 6.97. The zero-order chi connectivity index (χ0) is 12.5. The van der Waals surface area contributed by atoms with Gasteiger partial charge < -0.3 is 0 Å². The van der Waals surface area contributed by atoms with Crippen LogP contribution in [-0.2, 0) is 24.7 Å². The first-order valence-corrected chi connectivity index (χ1v) is 6.97. The Morgan fingerprint density at radius 1 is 1.06 bits per heavy atom. The number of hydrogen-bond acceptors (Lipinski definition) is 2. The maximum atomic E-state index is 4.84. The third kappa shape index (κ3) is 2.36. The maximum absolute atomic E-state index is 4.84. The van der Waals surface area contributed by atoms with E-state index in [4.69, 9.17) is 9.97 Å². The van der Waals surface area contributed by atoms with E-state index < -0.39 is 0 Å². The summed E-state index contributed by atoms with van der Waals surface area (Å²) in [6, 6.07) is 0. The first-order chi connectivity index (χ1) is 8.08. The minimum absolute atomic E-state index is 0.189. The van der Waals surface area contributed by atoms with Gasteiger partial charge in [0.15, 0.2) is 0 Å². The zero-order valence-electron chi connectivity index (χ0n) is 11.6. The molecule has 0 bridgehead atoms. The Kier molecular flexibility index (Phi) is 3.50. The third-order valence-electron chi connectivity index (χ3n) is 4.07. The molecule has 2 heteroatoms. The van der Waals surface area contributed by atoms with E-state index >= 15 is 0 Å². The molecule has 0 unspecified atom stereocenters. The Morgan fingerprint density at radius 2 is 1.76 bits per heavy atom. The highest BCUT2D eigenvalue weighted by Gasteiger charge is 2.27. The topological polar surface area (TPSA) is 25.8 Å². The number of aromatic nitrogens is 2. The lowest BCUT2D eigenvalue weighted by atomic mass is 9.80. The van der Waals surface area contributed by atoms with Gasteiger partial charge in [0.05, 0.1) is 5.69 Å². The van der Waals surface area contributed by atoms with E-state index in [1.807, 2.05) is 0 Å². The summed E-state index contributed by atoms with van der Waals surface area (Å²) in [5, 5.41) is 0. The Morgan fingerprint density at radius 3 is 2.41 bits per heavy atom. The second-order valence-corrected chi connectivity index (χ2v) is 5.71. The van der Waals surface area contributed by atoms with Gasteiger partial charge in [-0.05, 0) is 37.7 Å². The van der Waals surface area contributed by atoms with E-state index in [1.165, 1.54) is 36.2 Å². The van der Waals surface area contributed by atoms with Crippen molar-refractivity contribution in [1.29, 1.82) is 0 Å². The highest BCUT2D eigenvalue weighted by atomic mass is 14.9. The smallest absolute Gasteiger partial charge is 0.128 e. The molecule has 0 radical (unpaired) electrons. The van der Waals surface area contributed by atoms with Crippen molar-refractivity contribution in [3.05, 3.63) is 22.8 Å². The van der Waals surface area contributed by atoms with Crippen LogP contribution in [0.4, 0.5) is 0 Å². The number of aryl methyl sites for hydroxylation is 2. The van der Waals surface area contributed by atoms with Crippen molar-refractivity contribution in [2.75, 3.05) is 0 Å². The van der Waals surface area contributed by atoms with Crippen LogP contribution in [-0.4, -0.2) is 9.97 Å². The summed E-state index contributed by atoms with van der Waals surface area (Å²) < 4.78 is 0. The summed E-state index contributed by atoms with van der Waals surface area (Å²) in [5.41, 5.74) is 4.30. The van der Waals surface area contributed by atoms with Gasteiger partial charge in [-0.2, -0.15) is 0 Å². The molecule has 94 valence electrons. The number of hydrogen-bond donors (Lipinski definition) is 0. The lowest BCUT2D eigenvalue weighted by molar-refractivity contribution is 0.472. The standard InChI is InChI=1S/C15H24N2/c1-5-13-16-12-10-8-7-9-11(12)14(17-13)15(3,4)6-2/h5-10H2,1-4H3. The van der Waals surface area contributed by atoms with E-state index in [1.54, 1.807) is 0 Å². The number of nitrogens with zero attached hydrogens (tertiary/aromatic N) is 2. The molecule has 1 aliphatic carbocycles. The van der Waals surface area contributed by atoms with Crippen molar-refractivity contribution in [3.63, 3.8) is 0 Å². The molecule has 0 spiro atoms. The Balaban J connectivity index is 2.55. The molecule has 1 aromatic rings. The van der Waals surface area contributed by atoms with Gasteiger partial charge in [-0.1, -0.05) is 27.7 Å². The van der Waals surface area contributed by atoms with E-state index in [2.05, 4.69) is 27.7 Å². The molecule has 0 aliphatic heterocycles. The van der Waals surface area contributed by atoms with Crippen LogP contribution in [0, 0.1) is 0 Å². The van der Waals surface area contributed by atoms with Crippen LogP contribution in [0.5, 0.6) is 0 Å². The summed E-state index contributed by atoms with van der Waals surface area (Å²) in [6.45, 7) is 9.02. The molecule has 0 amide bonds. The van der Waals surface area contributed by atoms with E-state index in [0.29, 0.717) is 0 Å². The summed E-state index contributed by atoms with van der Waals surface area (Å²) in [5.74, 6) is 1.03. The fourth-order valence-electron chi connectivity index (χ4n) is 2.53. The molecule has 1 aliphatic rings. The van der Waals surface area contributed by atoms with Crippen molar-refractivity contribution >= 4 is 0 Å². The molecular formula is C15H24N2. The van der Waals surface area contributed by atoms with Crippen molar-refractivity contribution in [1.82, 2.24) is 9.97 Å². The second-order valence-electron chi connectivity index (χ2n) is 5.71. The molecule has 0 atom stereocenters. The minimum Gasteiger partial charge on any atom is -0.238 e. The number of fused-ring (bicyclic) bond motifs is 1. The largest absolute Gasteiger partial charge is 0.238 e. The molecule has 0 saturated heterocycles. The van der Waals surface area contributed by atoms with Crippen molar-refractivity contribution < 1.29 is 0 Å². The van der Waals surface area contributed by atoms with Crippen LogP contribution < -0.4 is 0 Å². The molecule has 17 heavy (non-hydrogen) atoms. The fraction of sp³-hybridized carbons (Fsp3) is 0.733. The van der Waals surface area contributed by atoms with E-state index in [0.717, 1.165) is 25.1 Å². The highest BCUT2D eigenvalue weighted by Crippen LogP contribution is 2.32. The van der Waals surface area contributed by atoms with Crippen LogP contribution in [0.25, 0.3) is 0 Å². The molecule has 0 aromatic carbocycles. The van der Waals surface area contributed by atoms with Gasteiger partial charge in [0.25, 0.3) is 0 Å². The van der Waals surface area contributed by atoms with Gasteiger partial charge in [0, 0.05) is 17.5 Å². The van der Waals surface area contributed by atoms with E-state index in [9.17, 15) is 0 Å². The summed E-state index contributed by atoms with van der Waals surface area (Å²) in [7, 11) is 0. The van der Waals surface area contributed by atoms with Crippen molar-refractivity contribution in [2.24, 2.45) is 0 Å². The minimum atomic E-state index is 0.189. The summed E-state index contributed by atoms with van der Waals surface area (Å²) in [6.07, 6.45) is 7.00. The molecule has 0 N–H and O–H groups in total. The van der Waals surface area contributed by atoms with Gasteiger partial charge in [0.1, 0.15) is 5.82 Å². The Hall–Kier alpha value is -0.920. The fourth-order valence-corrected chi connectivity index (χ4v) is 2.53. The highest BCUT2D eigenvalue weighted by molar-refractivity contribution is 5.33. The summed E-state index contributed by atoms with van der Waals surface area (Å²) >= 11 is 0. The van der Waals surface area contributed by atoms with Crippen LogP contribution in [0.3, 0.4) is 0 Å². The molecule has 1 heterocycles. The van der Waals surface area contributed by atoms with Gasteiger partial charge in [-0.15, -0.1) is 0 Å². The number of rotatable bonds is 3. The van der Waals surface area contributed by atoms with Gasteiger partial charge in [-0.25, -0.2) is 9.97 Å². The monoisotopic (exact) mass is 232 g/mol. The Bertz CT molecular complexity index is 408. The van der Waals surface area contributed by atoms with Crippen LogP contribution in [0.2, 0.25) is 0 Å². The molecule has 2 nitrogen and oxygen atoms in total. The zero-order valence-corrected chi connectivity index (χ0v) is 11.6. The summed E-state index contributed by atoms with van der Waals surface area (Å²) in [4.78, 5) is 9.57. The average molecular weight is 232 g/mol. The molecule has 2 rings (SSSR count). The lowest BCUT2D eigenvalue weighted by Crippen LogP contribution is -2.24. The van der Waals surface area contributed by atoms with Crippen LogP contribution in [0.15, 0.2) is 0 Å². The molecule has 0 fully saturated rings. The normalized spacial score (nSPS) is 15.8. The quantitative estimate of drug-likeness (QED) is 0.795. The van der Waals surface area contributed by atoms with Gasteiger partial charge in [-0.3, -0.25) is 0 Å². The molecule has 1 aromatic heterocycles. The van der Waals surface area contributed by atoms with E-state index in [-0.39, 0.29) is 5.41 Å². The molecular weight excluding hydrogens is 208 g/mol. The SMILES string of the molecule is CCc1nc2c(c(C(C)(C)CC)n1)CCCC2. The van der Waals surface area contributed by atoms with Crippen LogP contribution >= 0.6 is 0 Å². The second kappa shape index (κ2) is 4.75.